The largest absolute Gasteiger partial charge is 0.481 e. The molecule has 0 saturated carbocycles. The molecule has 0 unspecified atom stereocenters. The molecule has 2 aromatic rings. The Bertz CT molecular complexity index is 596. The molecule has 21 heavy (non-hydrogen) atoms. The molecular weight excluding hydrogens is 328 g/mol. The SMILES string of the molecule is O=C(O)CCCc1csc(NC(=O)CSc2cccs2)n1. The van der Waals surface area contributed by atoms with E-state index in [1.54, 1.807) is 11.3 Å². The molecule has 8 heteroatoms. The third-order valence-corrected chi connectivity index (χ3v) is 5.40. The zero-order valence-corrected chi connectivity index (χ0v) is 13.5. The van der Waals surface area contributed by atoms with Crippen LogP contribution in [0.1, 0.15) is 18.5 Å². The van der Waals surface area contributed by atoms with Gasteiger partial charge >= 0.3 is 5.97 Å². The fourth-order valence-electron chi connectivity index (χ4n) is 1.54. The zero-order chi connectivity index (χ0) is 15.1. The minimum atomic E-state index is -0.802. The number of carbonyl (C=O) groups excluding carboxylic acids is 1. The zero-order valence-electron chi connectivity index (χ0n) is 11.1. The lowest BCUT2D eigenvalue weighted by Crippen LogP contribution is -2.13. The van der Waals surface area contributed by atoms with Gasteiger partial charge in [0.15, 0.2) is 5.13 Å². The normalized spacial score (nSPS) is 10.5. The number of aryl methyl sites for hydroxylation is 1. The van der Waals surface area contributed by atoms with E-state index in [0.29, 0.717) is 23.7 Å². The number of amides is 1. The van der Waals surface area contributed by atoms with Crippen molar-refractivity contribution in [3.63, 3.8) is 0 Å². The number of nitrogens with zero attached hydrogens (tertiary/aromatic N) is 1. The van der Waals surface area contributed by atoms with Crippen LogP contribution in [0.15, 0.2) is 27.1 Å². The third-order valence-electron chi connectivity index (χ3n) is 2.46. The van der Waals surface area contributed by atoms with Crippen molar-refractivity contribution < 1.29 is 14.7 Å². The highest BCUT2D eigenvalue weighted by molar-refractivity contribution is 8.01. The molecule has 0 aliphatic rings. The second-order valence-electron chi connectivity index (χ2n) is 4.16. The van der Waals surface area contributed by atoms with Crippen LogP contribution < -0.4 is 5.32 Å². The van der Waals surface area contributed by atoms with Gasteiger partial charge in [-0.25, -0.2) is 4.98 Å². The molecular formula is C13H14N2O3S3. The van der Waals surface area contributed by atoms with E-state index >= 15 is 0 Å². The Balaban J connectivity index is 1.73. The predicted octanol–water partition coefficient (Wildman–Crippen LogP) is 3.34. The smallest absolute Gasteiger partial charge is 0.303 e. The number of thioether (sulfide) groups is 1. The van der Waals surface area contributed by atoms with Crippen molar-refractivity contribution in [1.82, 2.24) is 4.98 Å². The molecule has 0 bridgehead atoms. The molecule has 0 saturated heterocycles. The van der Waals surface area contributed by atoms with E-state index in [0.717, 1.165) is 9.90 Å². The van der Waals surface area contributed by atoms with Gasteiger partial charge in [-0.05, 0) is 24.3 Å². The second-order valence-corrected chi connectivity index (χ2v) is 7.24. The van der Waals surface area contributed by atoms with Crippen molar-refractivity contribution in [1.29, 1.82) is 0 Å². The van der Waals surface area contributed by atoms with Crippen LogP contribution in [0, 0.1) is 0 Å². The number of carboxylic acids is 1. The van der Waals surface area contributed by atoms with Crippen LogP contribution in [0.3, 0.4) is 0 Å². The van der Waals surface area contributed by atoms with Gasteiger partial charge in [-0.3, -0.25) is 9.59 Å². The number of hydrogen-bond acceptors (Lipinski definition) is 6. The monoisotopic (exact) mass is 342 g/mol. The average molecular weight is 342 g/mol. The standard InChI is InChI=1S/C13H14N2O3S3/c16-10(8-20-12-5-2-6-19-12)15-13-14-9(7-21-13)3-1-4-11(17)18/h2,5-7H,1,3-4,8H2,(H,17,18)(H,14,15,16). The van der Waals surface area contributed by atoms with Crippen molar-refractivity contribution in [2.24, 2.45) is 0 Å². The summed E-state index contributed by atoms with van der Waals surface area (Å²) in [7, 11) is 0. The van der Waals surface area contributed by atoms with Gasteiger partial charge < -0.3 is 10.4 Å². The summed E-state index contributed by atoms with van der Waals surface area (Å²) < 4.78 is 1.11. The van der Waals surface area contributed by atoms with Gasteiger partial charge in [0, 0.05) is 11.8 Å². The molecule has 2 N–H and O–H groups in total. The Kier molecular flexibility index (Phi) is 6.21. The molecule has 112 valence electrons. The van der Waals surface area contributed by atoms with Crippen LogP contribution in [-0.4, -0.2) is 27.7 Å². The number of aliphatic carboxylic acids is 1. The summed E-state index contributed by atoms with van der Waals surface area (Å²) in [6.07, 6.45) is 1.31. The molecule has 0 fully saturated rings. The second kappa shape index (κ2) is 8.16. The number of carboxylic acid groups (broad SMARTS) is 1. The van der Waals surface area contributed by atoms with Gasteiger partial charge in [-0.2, -0.15) is 0 Å². The number of anilines is 1. The lowest BCUT2D eigenvalue weighted by molar-refractivity contribution is -0.137. The molecule has 2 rings (SSSR count). The first kappa shape index (κ1) is 16.0. The fourth-order valence-corrected chi connectivity index (χ4v) is 3.88. The molecule has 2 heterocycles. The Hall–Kier alpha value is -1.38. The minimum Gasteiger partial charge on any atom is -0.481 e. The van der Waals surface area contributed by atoms with E-state index in [1.807, 2.05) is 22.9 Å². The first-order valence-corrected chi connectivity index (χ1v) is 9.00. The van der Waals surface area contributed by atoms with E-state index in [-0.39, 0.29) is 12.3 Å². The molecule has 0 radical (unpaired) electrons. The number of aromatic nitrogens is 1. The number of carbonyl (C=O) groups is 2. The molecule has 0 aromatic carbocycles. The van der Waals surface area contributed by atoms with Crippen molar-refractivity contribution in [2.75, 3.05) is 11.1 Å². The Morgan fingerprint density at radius 2 is 2.24 bits per heavy atom. The number of nitrogens with one attached hydrogen (secondary N) is 1. The summed E-state index contributed by atoms with van der Waals surface area (Å²) >= 11 is 4.47. The number of hydrogen-bond donors (Lipinski definition) is 2. The highest BCUT2D eigenvalue weighted by Crippen LogP contribution is 2.24. The molecule has 5 nitrogen and oxygen atoms in total. The summed E-state index contributed by atoms with van der Waals surface area (Å²) in [6.45, 7) is 0. The average Bonchev–Trinajstić information content (AvgIpc) is 3.08. The minimum absolute atomic E-state index is 0.0835. The molecule has 0 aliphatic heterocycles. The Labute approximate surface area is 134 Å². The lowest BCUT2D eigenvalue weighted by atomic mass is 10.2. The van der Waals surface area contributed by atoms with Crippen molar-refractivity contribution in [3.8, 4) is 0 Å². The Morgan fingerprint density at radius 3 is 2.95 bits per heavy atom. The van der Waals surface area contributed by atoms with E-state index in [1.165, 1.54) is 23.1 Å². The topological polar surface area (TPSA) is 79.3 Å². The van der Waals surface area contributed by atoms with Gasteiger partial charge in [0.2, 0.25) is 5.91 Å². The first-order chi connectivity index (χ1) is 10.1. The van der Waals surface area contributed by atoms with E-state index in [4.69, 9.17) is 5.11 Å². The predicted molar refractivity (Wildman–Crippen MR) is 86.4 cm³/mol. The fraction of sp³-hybridized carbons (Fsp3) is 0.308. The van der Waals surface area contributed by atoms with Crippen LogP contribution in [0.5, 0.6) is 0 Å². The maximum absolute atomic E-state index is 11.8. The number of rotatable bonds is 8. The number of thiophene rings is 1. The molecule has 0 spiro atoms. The van der Waals surface area contributed by atoms with E-state index < -0.39 is 5.97 Å². The first-order valence-electron chi connectivity index (χ1n) is 6.26. The van der Waals surface area contributed by atoms with Gasteiger partial charge in [-0.15, -0.1) is 34.4 Å². The quantitative estimate of drug-likeness (QED) is 0.719. The summed E-state index contributed by atoms with van der Waals surface area (Å²) in [4.78, 5) is 26.5. The Morgan fingerprint density at radius 1 is 1.38 bits per heavy atom. The maximum atomic E-state index is 11.8. The van der Waals surface area contributed by atoms with Crippen LogP contribution in [-0.2, 0) is 16.0 Å². The van der Waals surface area contributed by atoms with Crippen LogP contribution in [0.2, 0.25) is 0 Å². The summed E-state index contributed by atoms with van der Waals surface area (Å²) in [5.74, 6) is -0.529. The highest BCUT2D eigenvalue weighted by atomic mass is 32.2. The van der Waals surface area contributed by atoms with Crippen molar-refractivity contribution >= 4 is 51.4 Å². The summed E-state index contributed by atoms with van der Waals surface area (Å²) in [5.41, 5.74) is 0.822. The third kappa shape index (κ3) is 5.86. The molecule has 2 aromatic heterocycles. The summed E-state index contributed by atoms with van der Waals surface area (Å²) in [6, 6.07) is 3.93. The van der Waals surface area contributed by atoms with Gasteiger partial charge in [0.1, 0.15) is 0 Å². The molecule has 1 amide bonds. The summed E-state index contributed by atoms with van der Waals surface area (Å²) in [5, 5.41) is 15.7. The van der Waals surface area contributed by atoms with Gasteiger partial charge in [0.25, 0.3) is 0 Å². The van der Waals surface area contributed by atoms with Gasteiger partial charge in [-0.1, -0.05) is 6.07 Å². The molecule has 0 atom stereocenters. The van der Waals surface area contributed by atoms with E-state index in [2.05, 4.69) is 10.3 Å². The number of thiazole rings is 1. The van der Waals surface area contributed by atoms with Crippen molar-refractivity contribution in [3.05, 3.63) is 28.6 Å². The van der Waals surface area contributed by atoms with Crippen LogP contribution >= 0.6 is 34.4 Å². The maximum Gasteiger partial charge on any atom is 0.303 e. The van der Waals surface area contributed by atoms with Crippen molar-refractivity contribution in [2.45, 2.75) is 23.5 Å². The highest BCUT2D eigenvalue weighted by Gasteiger charge is 2.08. The lowest BCUT2D eigenvalue weighted by Gasteiger charge is -2.00. The van der Waals surface area contributed by atoms with Crippen LogP contribution in [0.25, 0.3) is 0 Å². The molecule has 0 aliphatic carbocycles. The van der Waals surface area contributed by atoms with E-state index in [9.17, 15) is 9.59 Å². The van der Waals surface area contributed by atoms with Crippen LogP contribution in [0.4, 0.5) is 5.13 Å². The van der Waals surface area contributed by atoms with Gasteiger partial charge in [0.05, 0.1) is 15.7 Å².